The highest BCUT2D eigenvalue weighted by atomic mass is 16.3. The van der Waals surface area contributed by atoms with Gasteiger partial charge in [0.05, 0.1) is 11.4 Å². The zero-order valence-electron chi connectivity index (χ0n) is 27.5. The van der Waals surface area contributed by atoms with Crippen molar-refractivity contribution in [3.8, 4) is 39.4 Å². The molecule has 0 fully saturated rings. The molecule has 0 saturated heterocycles. The number of para-hydroxylation sites is 1. The van der Waals surface area contributed by atoms with Crippen LogP contribution >= 0.6 is 0 Å². The third kappa shape index (κ3) is 6.29. The van der Waals surface area contributed by atoms with E-state index in [-0.39, 0.29) is 16.6 Å². The molecule has 4 aromatic carbocycles. The highest BCUT2D eigenvalue weighted by Gasteiger charge is 2.26. The smallest absolute Gasteiger partial charge is 0.137 e. The van der Waals surface area contributed by atoms with Crippen molar-refractivity contribution in [2.45, 2.75) is 52.4 Å². The normalized spacial score (nSPS) is 11.8. The van der Waals surface area contributed by atoms with Gasteiger partial charge in [0.15, 0.2) is 0 Å². The van der Waals surface area contributed by atoms with E-state index in [0.29, 0.717) is 0 Å². The molecular weight excluding hydrogens is 562 g/mol. The first-order chi connectivity index (χ1) is 22.0. The maximum absolute atomic E-state index is 11.7. The molecule has 2 aromatic heterocycles. The molecule has 4 heteroatoms. The van der Waals surface area contributed by atoms with Gasteiger partial charge >= 0.3 is 0 Å². The Kier molecular flexibility index (Phi) is 8.22. The van der Waals surface area contributed by atoms with Crippen LogP contribution in [0.1, 0.15) is 52.7 Å². The fourth-order valence-electron chi connectivity index (χ4n) is 5.78. The van der Waals surface area contributed by atoms with Crippen LogP contribution in [0.2, 0.25) is 0 Å². The van der Waals surface area contributed by atoms with E-state index in [1.54, 1.807) is 0 Å². The summed E-state index contributed by atoms with van der Waals surface area (Å²) in [7, 11) is 0. The SMILES string of the molecule is CC(C)(C)c1cc(-c2ccc(-c3ccccc3)c(-c3cccc(N(c4ccccc4)c4ccccn4)c3)n2)c(O)c(C(C)(C)C)c1. The van der Waals surface area contributed by atoms with Gasteiger partial charge in [0.2, 0.25) is 0 Å². The van der Waals surface area contributed by atoms with Crippen LogP contribution in [0.5, 0.6) is 5.75 Å². The topological polar surface area (TPSA) is 49.2 Å². The summed E-state index contributed by atoms with van der Waals surface area (Å²) in [5.74, 6) is 1.11. The summed E-state index contributed by atoms with van der Waals surface area (Å²) in [6.07, 6.45) is 1.82. The van der Waals surface area contributed by atoms with E-state index in [0.717, 1.165) is 62.0 Å². The number of phenols is 1. The van der Waals surface area contributed by atoms with Gasteiger partial charge in [0.1, 0.15) is 11.6 Å². The summed E-state index contributed by atoms with van der Waals surface area (Å²) in [5.41, 5.74) is 9.12. The first-order valence-corrected chi connectivity index (χ1v) is 15.8. The molecule has 0 amide bonds. The lowest BCUT2D eigenvalue weighted by molar-refractivity contribution is 0.446. The molecule has 4 nitrogen and oxygen atoms in total. The Morgan fingerprint density at radius 1 is 0.565 bits per heavy atom. The number of benzene rings is 4. The molecule has 0 saturated carbocycles. The second kappa shape index (κ2) is 12.3. The van der Waals surface area contributed by atoms with Crippen molar-refractivity contribution in [2.75, 3.05) is 4.90 Å². The first-order valence-electron chi connectivity index (χ1n) is 15.8. The first kappa shape index (κ1) is 30.8. The molecule has 0 unspecified atom stereocenters. The van der Waals surface area contributed by atoms with Gasteiger partial charge in [0.25, 0.3) is 0 Å². The number of hydrogen-bond acceptors (Lipinski definition) is 4. The van der Waals surface area contributed by atoms with Gasteiger partial charge in [-0.1, -0.05) is 120 Å². The monoisotopic (exact) mass is 603 g/mol. The quantitative estimate of drug-likeness (QED) is 0.206. The van der Waals surface area contributed by atoms with E-state index in [4.69, 9.17) is 9.97 Å². The number of nitrogens with zero attached hydrogens (tertiary/aromatic N) is 3. The maximum atomic E-state index is 11.7. The van der Waals surface area contributed by atoms with Crippen molar-refractivity contribution in [2.24, 2.45) is 0 Å². The summed E-state index contributed by atoms with van der Waals surface area (Å²) in [6.45, 7) is 13.0. The average Bonchev–Trinajstić information content (AvgIpc) is 3.05. The molecule has 6 aromatic rings. The number of anilines is 3. The minimum absolute atomic E-state index is 0.101. The Balaban J connectivity index is 1.58. The van der Waals surface area contributed by atoms with Crippen LogP contribution in [0.25, 0.3) is 33.6 Å². The molecule has 0 bridgehead atoms. The summed E-state index contributed by atoms with van der Waals surface area (Å²) in [5, 5.41) is 11.7. The van der Waals surface area contributed by atoms with E-state index in [9.17, 15) is 5.11 Å². The van der Waals surface area contributed by atoms with Crippen molar-refractivity contribution in [1.29, 1.82) is 0 Å². The Morgan fingerprint density at radius 3 is 1.87 bits per heavy atom. The lowest BCUT2D eigenvalue weighted by Gasteiger charge is -2.27. The maximum Gasteiger partial charge on any atom is 0.137 e. The van der Waals surface area contributed by atoms with E-state index in [2.05, 4.69) is 125 Å². The molecule has 0 spiro atoms. The Morgan fingerprint density at radius 2 is 1.22 bits per heavy atom. The second-order valence-corrected chi connectivity index (χ2v) is 13.8. The predicted octanol–water partition coefficient (Wildman–Crippen LogP) is 11.2. The minimum atomic E-state index is -0.242. The lowest BCUT2D eigenvalue weighted by atomic mass is 9.78. The van der Waals surface area contributed by atoms with Crippen LogP contribution in [0, 0.1) is 0 Å². The second-order valence-electron chi connectivity index (χ2n) is 13.8. The van der Waals surface area contributed by atoms with Crippen molar-refractivity contribution in [3.63, 3.8) is 0 Å². The number of aromatic nitrogens is 2. The van der Waals surface area contributed by atoms with Gasteiger partial charge in [-0.2, -0.15) is 0 Å². The third-order valence-electron chi connectivity index (χ3n) is 8.31. The molecular formula is C42H41N3O. The standard InChI is InChI=1S/C42H41N3O/c1-41(2,3)31-27-35(40(46)36(28-31)42(4,5)6)37-24-23-34(29-16-9-7-10-17-29)39(44-37)30-18-15-21-33(26-30)45(32-19-11-8-12-20-32)38-22-13-14-25-43-38/h7-28,46H,1-6H3. The summed E-state index contributed by atoms with van der Waals surface area (Å²) in [6, 6.07) is 43.5. The molecule has 2 heterocycles. The molecule has 1 N–H and O–H groups in total. The van der Waals surface area contributed by atoms with Gasteiger partial charge in [-0.3, -0.25) is 4.90 Å². The summed E-state index contributed by atoms with van der Waals surface area (Å²) < 4.78 is 0. The molecule has 0 aliphatic heterocycles. The van der Waals surface area contributed by atoms with Crippen LogP contribution < -0.4 is 4.90 Å². The zero-order chi connectivity index (χ0) is 32.5. The number of aromatic hydroxyl groups is 1. The van der Waals surface area contributed by atoms with Crippen molar-refractivity contribution >= 4 is 17.2 Å². The van der Waals surface area contributed by atoms with Crippen LogP contribution in [0.4, 0.5) is 17.2 Å². The highest BCUT2D eigenvalue weighted by molar-refractivity contribution is 5.86. The van der Waals surface area contributed by atoms with E-state index < -0.39 is 0 Å². The Labute approximate surface area is 273 Å². The van der Waals surface area contributed by atoms with E-state index >= 15 is 0 Å². The predicted molar refractivity (Wildman–Crippen MR) is 192 cm³/mol. The van der Waals surface area contributed by atoms with Crippen LogP contribution in [-0.4, -0.2) is 15.1 Å². The van der Waals surface area contributed by atoms with E-state index in [1.807, 2.05) is 54.7 Å². The largest absolute Gasteiger partial charge is 0.507 e. The molecule has 0 aliphatic rings. The van der Waals surface area contributed by atoms with Crippen LogP contribution in [0.3, 0.4) is 0 Å². The molecule has 0 atom stereocenters. The zero-order valence-corrected chi connectivity index (χ0v) is 27.5. The molecule has 0 radical (unpaired) electrons. The third-order valence-corrected chi connectivity index (χ3v) is 8.31. The Hall–Kier alpha value is -5.22. The van der Waals surface area contributed by atoms with Crippen LogP contribution in [-0.2, 0) is 10.8 Å². The van der Waals surface area contributed by atoms with Gasteiger partial charge in [-0.15, -0.1) is 0 Å². The fourth-order valence-corrected chi connectivity index (χ4v) is 5.78. The molecule has 6 rings (SSSR count). The highest BCUT2D eigenvalue weighted by Crippen LogP contribution is 2.43. The summed E-state index contributed by atoms with van der Waals surface area (Å²) in [4.78, 5) is 12.2. The average molecular weight is 604 g/mol. The molecule has 46 heavy (non-hydrogen) atoms. The van der Waals surface area contributed by atoms with Crippen molar-refractivity contribution in [3.05, 3.63) is 145 Å². The number of rotatable bonds is 6. The van der Waals surface area contributed by atoms with Crippen LogP contribution in [0.15, 0.2) is 134 Å². The molecule has 0 aliphatic carbocycles. The van der Waals surface area contributed by atoms with Crippen molar-refractivity contribution in [1.82, 2.24) is 9.97 Å². The Bertz CT molecular complexity index is 1920. The van der Waals surface area contributed by atoms with Crippen molar-refractivity contribution < 1.29 is 5.11 Å². The summed E-state index contributed by atoms with van der Waals surface area (Å²) >= 11 is 0. The number of pyridine rings is 2. The molecule has 230 valence electrons. The lowest BCUT2D eigenvalue weighted by Crippen LogP contribution is -2.17. The van der Waals surface area contributed by atoms with Gasteiger partial charge in [-0.25, -0.2) is 9.97 Å². The minimum Gasteiger partial charge on any atom is -0.507 e. The number of phenolic OH excluding ortho intramolecular Hbond substituents is 1. The van der Waals surface area contributed by atoms with Gasteiger partial charge < -0.3 is 5.11 Å². The van der Waals surface area contributed by atoms with E-state index in [1.165, 1.54) is 0 Å². The number of hydrogen-bond donors (Lipinski definition) is 1. The van der Waals surface area contributed by atoms with Gasteiger partial charge in [0, 0.05) is 39.8 Å². The van der Waals surface area contributed by atoms with Gasteiger partial charge in [-0.05, 0) is 70.5 Å². The fraction of sp³-hybridized carbons (Fsp3) is 0.190.